The predicted molar refractivity (Wildman–Crippen MR) is 161 cm³/mol. The van der Waals surface area contributed by atoms with E-state index in [9.17, 15) is 24.5 Å². The van der Waals surface area contributed by atoms with Crippen molar-refractivity contribution in [3.63, 3.8) is 0 Å². The molecule has 218 valence electrons. The highest BCUT2D eigenvalue weighted by molar-refractivity contribution is 6.25. The Kier molecular flexibility index (Phi) is 6.35. The number of anilines is 1. The molecule has 10 heteroatoms. The summed E-state index contributed by atoms with van der Waals surface area (Å²) in [6, 6.07) is 28.0. The number of carbonyl (C=O) groups excluding carboxylic acids is 3. The van der Waals surface area contributed by atoms with Crippen LogP contribution in [0.25, 0.3) is 0 Å². The molecule has 3 amide bonds. The van der Waals surface area contributed by atoms with Gasteiger partial charge in [0.1, 0.15) is 5.75 Å². The molecule has 1 heterocycles. The van der Waals surface area contributed by atoms with Gasteiger partial charge < -0.3 is 4.74 Å². The van der Waals surface area contributed by atoms with Crippen molar-refractivity contribution in [2.24, 2.45) is 16.9 Å². The van der Waals surface area contributed by atoms with Gasteiger partial charge in [-0.25, -0.2) is 10.3 Å². The summed E-state index contributed by atoms with van der Waals surface area (Å²) in [5.74, 6) is -2.39. The van der Waals surface area contributed by atoms with E-state index in [1.54, 1.807) is 37.6 Å². The molecule has 2 atom stereocenters. The third-order valence-corrected chi connectivity index (χ3v) is 8.98. The number of nitrogens with zero attached hydrogens (tertiary/aromatic N) is 3. The lowest BCUT2D eigenvalue weighted by molar-refractivity contribution is -0.384. The van der Waals surface area contributed by atoms with Gasteiger partial charge in [-0.05, 0) is 52.1 Å². The van der Waals surface area contributed by atoms with Crippen LogP contribution >= 0.6 is 0 Å². The number of amides is 3. The lowest BCUT2D eigenvalue weighted by atomic mass is 9.47. The van der Waals surface area contributed by atoms with Gasteiger partial charge in [0.05, 0.1) is 41.4 Å². The minimum Gasteiger partial charge on any atom is -0.497 e. The van der Waals surface area contributed by atoms with Crippen LogP contribution in [0.15, 0.2) is 102 Å². The zero-order valence-corrected chi connectivity index (χ0v) is 23.5. The van der Waals surface area contributed by atoms with Crippen LogP contribution in [0, 0.1) is 22.0 Å². The van der Waals surface area contributed by atoms with Crippen LogP contribution in [0.1, 0.15) is 33.7 Å². The topological polar surface area (TPSA) is 131 Å². The van der Waals surface area contributed by atoms with Crippen LogP contribution in [-0.2, 0) is 26.2 Å². The highest BCUT2D eigenvalue weighted by Gasteiger charge is 2.68. The highest BCUT2D eigenvalue weighted by Crippen LogP contribution is 2.63. The quantitative estimate of drug-likeness (QED) is 0.147. The first kappa shape index (κ1) is 27.2. The van der Waals surface area contributed by atoms with E-state index in [2.05, 4.69) is 10.5 Å². The van der Waals surface area contributed by atoms with Gasteiger partial charge in [0.2, 0.25) is 17.7 Å². The number of benzene rings is 4. The van der Waals surface area contributed by atoms with Crippen molar-refractivity contribution in [2.45, 2.75) is 17.8 Å². The Balaban J connectivity index is 1.31. The third kappa shape index (κ3) is 3.94. The van der Waals surface area contributed by atoms with Crippen LogP contribution < -0.4 is 15.1 Å². The highest BCUT2D eigenvalue weighted by atomic mass is 16.6. The zero-order chi connectivity index (χ0) is 30.6. The summed E-state index contributed by atoms with van der Waals surface area (Å²) in [4.78, 5) is 53.4. The fourth-order valence-electron chi connectivity index (χ4n) is 7.20. The van der Waals surface area contributed by atoms with Crippen LogP contribution in [-0.4, -0.2) is 36.0 Å². The number of hydrazone groups is 1. The number of nitrogens with one attached hydrogen (secondary N) is 1. The smallest absolute Gasteiger partial charge is 0.269 e. The number of hydrogen-bond donors (Lipinski definition) is 1. The number of nitro groups is 1. The second kappa shape index (κ2) is 10.3. The summed E-state index contributed by atoms with van der Waals surface area (Å²) in [5.41, 5.74) is 5.95. The molecule has 3 aliphatic carbocycles. The largest absolute Gasteiger partial charge is 0.497 e. The predicted octanol–water partition coefficient (Wildman–Crippen LogP) is 4.50. The van der Waals surface area contributed by atoms with Crippen LogP contribution in [0.3, 0.4) is 0 Å². The van der Waals surface area contributed by atoms with Crippen LogP contribution in [0.4, 0.5) is 11.4 Å². The van der Waals surface area contributed by atoms with Crippen molar-refractivity contribution >= 4 is 35.3 Å². The first-order valence-electron chi connectivity index (χ1n) is 14.1. The molecule has 1 saturated heterocycles. The van der Waals surface area contributed by atoms with E-state index in [0.29, 0.717) is 5.75 Å². The first-order chi connectivity index (χ1) is 21.3. The molecule has 2 bridgehead atoms. The molecule has 10 nitrogen and oxygen atoms in total. The molecule has 4 aromatic carbocycles. The summed E-state index contributed by atoms with van der Waals surface area (Å²) < 4.78 is 5.19. The SMILES string of the molecule is COc1ccc(CC(=O)N/N=C/C23c4ccccc4C(c4ccccc42)C2C(=O)N(c4ccc([N+](=O)[O-])cc4)C(=O)C23)cc1. The van der Waals surface area contributed by atoms with Gasteiger partial charge in [-0.3, -0.25) is 24.5 Å². The molecule has 1 N–H and O–H groups in total. The molecule has 4 aliphatic rings. The number of imide groups is 1. The normalized spacial score (nSPS) is 22.8. The number of methoxy groups -OCH3 is 1. The number of carbonyl (C=O) groups is 3. The second-order valence-electron chi connectivity index (χ2n) is 11.1. The Hall–Kier alpha value is -5.64. The summed E-state index contributed by atoms with van der Waals surface area (Å²) in [5, 5.41) is 15.7. The fraction of sp³-hybridized carbons (Fsp3) is 0.176. The molecule has 0 aromatic heterocycles. The average molecular weight is 587 g/mol. The van der Waals surface area contributed by atoms with Gasteiger partial charge in [0, 0.05) is 24.3 Å². The Morgan fingerprint density at radius 3 is 2.14 bits per heavy atom. The fourth-order valence-corrected chi connectivity index (χ4v) is 7.20. The van der Waals surface area contributed by atoms with E-state index in [0.717, 1.165) is 32.7 Å². The zero-order valence-electron chi connectivity index (χ0n) is 23.5. The van der Waals surface area contributed by atoms with Crippen LogP contribution in [0.5, 0.6) is 5.75 Å². The number of rotatable bonds is 7. The molecule has 0 spiro atoms. The third-order valence-electron chi connectivity index (χ3n) is 8.98. The lowest BCUT2D eigenvalue weighted by Crippen LogP contribution is -2.54. The van der Waals surface area contributed by atoms with Crippen molar-refractivity contribution in [1.29, 1.82) is 0 Å². The minimum atomic E-state index is -1.15. The molecule has 8 rings (SSSR count). The van der Waals surface area contributed by atoms with E-state index in [1.165, 1.54) is 24.3 Å². The molecular weight excluding hydrogens is 560 g/mol. The molecular formula is C34H26N4O6. The van der Waals surface area contributed by atoms with E-state index >= 15 is 0 Å². The first-order valence-corrected chi connectivity index (χ1v) is 14.1. The monoisotopic (exact) mass is 586 g/mol. The van der Waals surface area contributed by atoms with Crippen molar-refractivity contribution in [3.8, 4) is 5.75 Å². The molecule has 0 saturated carbocycles. The maximum Gasteiger partial charge on any atom is 0.269 e. The molecule has 44 heavy (non-hydrogen) atoms. The van der Waals surface area contributed by atoms with Crippen molar-refractivity contribution in [2.75, 3.05) is 12.0 Å². The van der Waals surface area contributed by atoms with E-state index in [1.807, 2.05) is 48.5 Å². The number of nitro benzene ring substituents is 1. The van der Waals surface area contributed by atoms with Crippen molar-refractivity contribution in [3.05, 3.63) is 135 Å². The molecule has 1 aliphatic heterocycles. The van der Waals surface area contributed by atoms with Gasteiger partial charge >= 0.3 is 0 Å². The van der Waals surface area contributed by atoms with Crippen LogP contribution in [0.2, 0.25) is 0 Å². The molecule has 4 aromatic rings. The van der Waals surface area contributed by atoms with Gasteiger partial charge in [-0.15, -0.1) is 0 Å². The Bertz CT molecular complexity index is 1820. The average Bonchev–Trinajstić information content (AvgIpc) is 3.32. The van der Waals surface area contributed by atoms with Crippen molar-refractivity contribution in [1.82, 2.24) is 5.43 Å². The minimum absolute atomic E-state index is 0.0843. The summed E-state index contributed by atoms with van der Waals surface area (Å²) in [6.07, 6.45) is 1.69. The number of hydrogen-bond acceptors (Lipinski definition) is 7. The molecule has 0 radical (unpaired) electrons. The Labute approximate surface area is 252 Å². The van der Waals surface area contributed by atoms with Gasteiger partial charge in [-0.1, -0.05) is 60.7 Å². The second-order valence-corrected chi connectivity index (χ2v) is 11.1. The van der Waals surface area contributed by atoms with Gasteiger partial charge in [0.25, 0.3) is 5.69 Å². The summed E-state index contributed by atoms with van der Waals surface area (Å²) >= 11 is 0. The Morgan fingerprint density at radius 2 is 1.55 bits per heavy atom. The summed E-state index contributed by atoms with van der Waals surface area (Å²) in [7, 11) is 1.57. The number of ether oxygens (including phenoxy) is 1. The van der Waals surface area contributed by atoms with E-state index in [-0.39, 0.29) is 35.5 Å². The molecule has 2 unspecified atom stereocenters. The molecule has 1 fully saturated rings. The maximum absolute atomic E-state index is 14.4. The van der Waals surface area contributed by atoms with E-state index in [4.69, 9.17) is 4.74 Å². The van der Waals surface area contributed by atoms with E-state index < -0.39 is 28.1 Å². The lowest BCUT2D eigenvalue weighted by Gasteiger charge is -2.52. The van der Waals surface area contributed by atoms with Crippen molar-refractivity contribution < 1.29 is 24.0 Å². The standard InChI is InChI=1S/C34H26N4O6/c1-44-23-16-10-20(11-17-23)18-28(39)36-35-19-34-26-8-4-2-6-24(26)29(25-7-3-5-9-27(25)34)30-31(34)33(41)37(32(30)40)21-12-14-22(15-13-21)38(42)43/h2-17,19,29-31H,18H2,1H3,(H,36,39)/b35-19+. The maximum atomic E-state index is 14.4. The summed E-state index contributed by atoms with van der Waals surface area (Å²) in [6.45, 7) is 0. The van der Waals surface area contributed by atoms with Gasteiger partial charge in [0.15, 0.2) is 0 Å². The van der Waals surface area contributed by atoms with Gasteiger partial charge in [-0.2, -0.15) is 5.10 Å². The number of non-ortho nitro benzene ring substituents is 1. The Morgan fingerprint density at radius 1 is 0.932 bits per heavy atom.